The summed E-state index contributed by atoms with van der Waals surface area (Å²) in [5.74, 6) is -0.404. The average Bonchev–Trinajstić information content (AvgIpc) is 3.82. The summed E-state index contributed by atoms with van der Waals surface area (Å²) < 4.78 is 42.9. The van der Waals surface area contributed by atoms with Gasteiger partial charge in [-0.25, -0.2) is 0 Å². The first kappa shape index (κ1) is 28.4. The van der Waals surface area contributed by atoms with Crippen molar-refractivity contribution in [2.45, 2.75) is 63.6 Å². The van der Waals surface area contributed by atoms with E-state index in [1.807, 2.05) is 91.0 Å². The fourth-order valence-corrected chi connectivity index (χ4v) is 4.58. The first-order valence-electron chi connectivity index (χ1n) is 13.6. The second-order valence-corrected chi connectivity index (χ2v) is 9.92. The molecule has 8 nitrogen and oxygen atoms in total. The largest absolute Gasteiger partial charge is 0.463 e. The molecule has 2 aliphatic heterocycles. The Morgan fingerprint density at radius 1 is 0.675 bits per heavy atom. The first-order chi connectivity index (χ1) is 19.7. The summed E-state index contributed by atoms with van der Waals surface area (Å²) in [5.41, 5.74) is 3.02. The van der Waals surface area contributed by atoms with Crippen LogP contribution in [0.25, 0.3) is 0 Å². The summed E-state index contributed by atoms with van der Waals surface area (Å²) in [6, 6.07) is 29.7. The monoisotopic (exact) mass is 548 g/mol. The summed E-state index contributed by atoms with van der Waals surface area (Å²) in [4.78, 5) is 11.8. The number of carbonyl (C=O) groups is 1. The zero-order chi connectivity index (χ0) is 27.6. The van der Waals surface area contributed by atoms with Gasteiger partial charge in [-0.05, 0) is 16.7 Å². The van der Waals surface area contributed by atoms with E-state index in [0.717, 1.165) is 16.7 Å². The van der Waals surface area contributed by atoms with Crippen LogP contribution in [0.15, 0.2) is 91.0 Å². The molecular formula is C32H36O8. The average molecular weight is 549 g/mol. The van der Waals surface area contributed by atoms with Crippen molar-refractivity contribution in [3.8, 4) is 0 Å². The van der Waals surface area contributed by atoms with Crippen LogP contribution >= 0.6 is 0 Å². The van der Waals surface area contributed by atoms with E-state index in [1.54, 1.807) is 0 Å². The third kappa shape index (κ3) is 8.44. The first-order valence-corrected chi connectivity index (χ1v) is 13.6. The van der Waals surface area contributed by atoms with Gasteiger partial charge in [-0.15, -0.1) is 0 Å². The molecule has 3 aromatic rings. The number of hydrogen-bond donors (Lipinski definition) is 0. The molecule has 2 saturated heterocycles. The molecule has 5 rings (SSSR count). The lowest BCUT2D eigenvalue weighted by molar-refractivity contribution is -0.327. The van der Waals surface area contributed by atoms with Crippen molar-refractivity contribution in [2.75, 3.05) is 19.8 Å². The molecule has 0 amide bonds. The van der Waals surface area contributed by atoms with E-state index in [-0.39, 0.29) is 12.7 Å². The molecule has 0 saturated carbocycles. The molecule has 0 N–H and O–H groups in total. The normalized spacial score (nSPS) is 25.8. The van der Waals surface area contributed by atoms with Gasteiger partial charge >= 0.3 is 5.97 Å². The highest BCUT2D eigenvalue weighted by atomic mass is 16.7. The Hall–Kier alpha value is -3.11. The topological polar surface area (TPSA) is 85.0 Å². The van der Waals surface area contributed by atoms with Crippen LogP contribution < -0.4 is 0 Å². The molecule has 0 unspecified atom stereocenters. The van der Waals surface area contributed by atoms with E-state index < -0.39 is 36.7 Å². The van der Waals surface area contributed by atoms with E-state index in [1.165, 1.54) is 6.92 Å². The van der Waals surface area contributed by atoms with E-state index in [0.29, 0.717) is 33.0 Å². The number of ether oxygens (including phenoxy) is 7. The maximum Gasteiger partial charge on any atom is 0.302 e. The minimum Gasteiger partial charge on any atom is -0.463 e. The highest BCUT2D eigenvalue weighted by Crippen LogP contribution is 2.32. The van der Waals surface area contributed by atoms with Crippen molar-refractivity contribution >= 4 is 5.97 Å². The quantitative estimate of drug-likeness (QED) is 0.216. The Balaban J connectivity index is 1.42. The highest BCUT2D eigenvalue weighted by molar-refractivity contribution is 5.65. The van der Waals surface area contributed by atoms with Gasteiger partial charge in [-0.1, -0.05) is 91.0 Å². The standard InChI is InChI=1S/C32H36O8/c1-23(33)34-22-28-29(36-17-24-11-5-2-6-12-24)30(37-18-25-13-7-3-8-14-25)31(32(40-28)39-21-27-20-35-27)38-19-26-15-9-4-10-16-26/h2-16,27-32H,17-22H2,1H3/t27-,28+,29+,30-,31+,32-/m0/s1. The van der Waals surface area contributed by atoms with E-state index in [9.17, 15) is 4.79 Å². The van der Waals surface area contributed by atoms with E-state index in [2.05, 4.69) is 0 Å². The molecule has 3 aromatic carbocycles. The van der Waals surface area contributed by atoms with Gasteiger partial charge in [0.05, 0.1) is 33.0 Å². The van der Waals surface area contributed by atoms with Gasteiger partial charge in [0.1, 0.15) is 37.1 Å². The number of epoxide rings is 1. The summed E-state index contributed by atoms with van der Waals surface area (Å²) in [5, 5.41) is 0. The van der Waals surface area contributed by atoms with Crippen LogP contribution in [-0.4, -0.2) is 62.6 Å². The fraction of sp³-hybridized carbons (Fsp3) is 0.406. The van der Waals surface area contributed by atoms with Gasteiger partial charge in [0.15, 0.2) is 6.29 Å². The summed E-state index contributed by atoms with van der Waals surface area (Å²) >= 11 is 0. The molecular weight excluding hydrogens is 512 g/mol. The Bertz CT molecular complexity index is 1160. The molecule has 2 fully saturated rings. The second kappa shape index (κ2) is 14.5. The zero-order valence-corrected chi connectivity index (χ0v) is 22.6. The predicted molar refractivity (Wildman–Crippen MR) is 146 cm³/mol. The third-order valence-corrected chi connectivity index (χ3v) is 6.75. The van der Waals surface area contributed by atoms with Crippen LogP contribution in [0.5, 0.6) is 0 Å². The number of benzene rings is 3. The van der Waals surface area contributed by atoms with Gasteiger partial charge in [0.25, 0.3) is 0 Å². The number of esters is 1. The van der Waals surface area contributed by atoms with Gasteiger partial charge in [-0.2, -0.15) is 0 Å². The molecule has 0 aromatic heterocycles. The van der Waals surface area contributed by atoms with Crippen LogP contribution in [-0.2, 0) is 57.8 Å². The van der Waals surface area contributed by atoms with Crippen molar-refractivity contribution in [3.05, 3.63) is 108 Å². The summed E-state index contributed by atoms with van der Waals surface area (Å²) in [6.07, 6.45) is -3.23. The van der Waals surface area contributed by atoms with Gasteiger partial charge < -0.3 is 33.2 Å². The SMILES string of the molecule is CC(=O)OC[C@H]1O[C@H](OC[C@@H]2CO2)[C@H](OCc2ccccc2)[C@@H](OCc2ccccc2)[C@@H]1OCc1ccccc1. The molecule has 0 radical (unpaired) electrons. The smallest absolute Gasteiger partial charge is 0.302 e. The highest BCUT2D eigenvalue weighted by Gasteiger charge is 2.49. The number of carbonyl (C=O) groups excluding carboxylic acids is 1. The molecule has 6 atom stereocenters. The molecule has 40 heavy (non-hydrogen) atoms. The van der Waals surface area contributed by atoms with Crippen molar-refractivity contribution in [3.63, 3.8) is 0 Å². The third-order valence-electron chi connectivity index (χ3n) is 6.75. The molecule has 212 valence electrons. The van der Waals surface area contributed by atoms with Crippen LogP contribution in [0.1, 0.15) is 23.6 Å². The van der Waals surface area contributed by atoms with Gasteiger partial charge in [0, 0.05) is 6.92 Å². The molecule has 0 spiro atoms. The molecule has 8 heteroatoms. The minimum absolute atomic E-state index is 0.00875. The maximum absolute atomic E-state index is 11.8. The number of hydrogen-bond acceptors (Lipinski definition) is 8. The van der Waals surface area contributed by atoms with Crippen LogP contribution in [0.3, 0.4) is 0 Å². The number of rotatable bonds is 14. The van der Waals surface area contributed by atoms with Crippen molar-refractivity contribution in [2.24, 2.45) is 0 Å². The van der Waals surface area contributed by atoms with Crippen LogP contribution in [0.2, 0.25) is 0 Å². The fourth-order valence-electron chi connectivity index (χ4n) is 4.58. The maximum atomic E-state index is 11.8. The van der Waals surface area contributed by atoms with Crippen LogP contribution in [0.4, 0.5) is 0 Å². The van der Waals surface area contributed by atoms with Crippen molar-refractivity contribution < 1.29 is 38.0 Å². The minimum atomic E-state index is -0.786. The molecule has 2 heterocycles. The Kier molecular flexibility index (Phi) is 10.3. The lowest BCUT2D eigenvalue weighted by atomic mass is 9.97. The second-order valence-electron chi connectivity index (χ2n) is 9.92. The Labute approximate surface area is 235 Å². The van der Waals surface area contributed by atoms with Crippen molar-refractivity contribution in [1.29, 1.82) is 0 Å². The van der Waals surface area contributed by atoms with E-state index >= 15 is 0 Å². The summed E-state index contributed by atoms with van der Waals surface area (Å²) in [7, 11) is 0. The predicted octanol–water partition coefficient (Wildman–Crippen LogP) is 4.45. The Morgan fingerprint density at radius 3 is 1.62 bits per heavy atom. The molecule has 2 aliphatic rings. The lowest BCUT2D eigenvalue weighted by Gasteiger charge is -2.45. The van der Waals surface area contributed by atoms with Gasteiger partial charge in [-0.3, -0.25) is 4.79 Å². The van der Waals surface area contributed by atoms with Crippen LogP contribution in [0, 0.1) is 0 Å². The molecule has 0 bridgehead atoms. The van der Waals surface area contributed by atoms with Crippen molar-refractivity contribution in [1.82, 2.24) is 0 Å². The lowest BCUT2D eigenvalue weighted by Crippen LogP contribution is -2.62. The zero-order valence-electron chi connectivity index (χ0n) is 22.6. The summed E-state index contributed by atoms with van der Waals surface area (Å²) in [6.45, 7) is 3.36. The van der Waals surface area contributed by atoms with E-state index in [4.69, 9.17) is 33.2 Å². The Morgan fingerprint density at radius 2 is 1.15 bits per heavy atom. The molecule has 0 aliphatic carbocycles. The van der Waals surface area contributed by atoms with Gasteiger partial charge in [0.2, 0.25) is 0 Å².